The minimum Gasteiger partial charge on any atom is -0.382 e. The van der Waals surface area contributed by atoms with Crippen molar-refractivity contribution in [3.63, 3.8) is 0 Å². The topological polar surface area (TPSA) is 44.1 Å². The fourth-order valence-corrected chi connectivity index (χ4v) is 2.68. The van der Waals surface area contributed by atoms with E-state index in [4.69, 9.17) is 5.26 Å². The molecule has 0 N–H and O–H groups in total. The average Bonchev–Trinajstić information content (AvgIpc) is 2.94. The van der Waals surface area contributed by atoms with E-state index in [-0.39, 0.29) is 11.6 Å². The van der Waals surface area contributed by atoms with Gasteiger partial charge in [-0.3, -0.25) is 4.79 Å². The first kappa shape index (κ1) is 14.9. The molecule has 0 bridgehead atoms. The predicted molar refractivity (Wildman–Crippen MR) is 81.4 cm³/mol. The first-order valence-corrected chi connectivity index (χ1v) is 7.01. The van der Waals surface area contributed by atoms with Gasteiger partial charge in [0.2, 0.25) is 5.78 Å². The molecule has 0 saturated carbocycles. The van der Waals surface area contributed by atoms with E-state index in [9.17, 15) is 9.18 Å². The van der Waals surface area contributed by atoms with Crippen LogP contribution in [0, 0.1) is 17.1 Å². The van der Waals surface area contributed by atoms with E-state index in [1.807, 2.05) is 14.1 Å². The van der Waals surface area contributed by atoms with Gasteiger partial charge in [-0.25, -0.2) is 4.39 Å². The Balaban J connectivity index is 2.30. The molecule has 0 spiro atoms. The third-order valence-electron chi connectivity index (χ3n) is 2.71. The van der Waals surface area contributed by atoms with Gasteiger partial charge in [0.05, 0.1) is 10.5 Å². The van der Waals surface area contributed by atoms with Crippen LogP contribution in [0.25, 0.3) is 5.57 Å². The Labute approximate surface area is 126 Å². The van der Waals surface area contributed by atoms with Crippen molar-refractivity contribution >= 4 is 22.7 Å². The summed E-state index contributed by atoms with van der Waals surface area (Å²) < 4.78 is 12.9. The van der Waals surface area contributed by atoms with E-state index in [0.717, 1.165) is 4.88 Å². The lowest BCUT2D eigenvalue weighted by molar-refractivity contribution is 0.104. The third kappa shape index (κ3) is 3.56. The van der Waals surface area contributed by atoms with Crippen molar-refractivity contribution in [1.82, 2.24) is 4.90 Å². The number of allylic oxidation sites excluding steroid dienone is 1. The van der Waals surface area contributed by atoms with E-state index in [0.29, 0.717) is 16.0 Å². The number of hydrogen-bond acceptors (Lipinski definition) is 4. The number of hydrogen-bond donors (Lipinski definition) is 0. The molecule has 1 aromatic heterocycles. The molecule has 0 atom stereocenters. The summed E-state index contributed by atoms with van der Waals surface area (Å²) in [6.07, 6.45) is 1.71. The number of halogens is 1. The van der Waals surface area contributed by atoms with Crippen LogP contribution in [-0.2, 0) is 0 Å². The number of carbonyl (C=O) groups excluding carboxylic acids is 1. The van der Waals surface area contributed by atoms with E-state index < -0.39 is 0 Å². The van der Waals surface area contributed by atoms with Crippen LogP contribution < -0.4 is 0 Å². The molecule has 0 aliphatic heterocycles. The molecule has 1 heterocycles. The van der Waals surface area contributed by atoms with Gasteiger partial charge in [0, 0.05) is 30.7 Å². The SMILES string of the molecule is CN(C)/C=C(/C#N)c1ccc(C(=O)c2ccc(F)cc2)s1. The van der Waals surface area contributed by atoms with Crippen LogP contribution in [0.15, 0.2) is 42.6 Å². The van der Waals surface area contributed by atoms with Crippen molar-refractivity contribution in [2.75, 3.05) is 14.1 Å². The minimum absolute atomic E-state index is 0.173. The molecular formula is C16H13FN2OS. The second kappa shape index (κ2) is 6.33. The number of carbonyl (C=O) groups is 1. The van der Waals surface area contributed by atoms with Crippen LogP contribution in [0.4, 0.5) is 4.39 Å². The molecule has 0 unspecified atom stereocenters. The maximum Gasteiger partial charge on any atom is 0.202 e. The maximum atomic E-state index is 12.9. The number of nitrogens with zero attached hydrogens (tertiary/aromatic N) is 2. The van der Waals surface area contributed by atoms with Crippen molar-refractivity contribution in [3.05, 3.63) is 63.7 Å². The number of benzene rings is 1. The normalized spacial score (nSPS) is 11.0. The van der Waals surface area contributed by atoms with Crippen molar-refractivity contribution in [2.45, 2.75) is 0 Å². The van der Waals surface area contributed by atoms with Crippen molar-refractivity contribution < 1.29 is 9.18 Å². The highest BCUT2D eigenvalue weighted by molar-refractivity contribution is 7.15. The highest BCUT2D eigenvalue weighted by Crippen LogP contribution is 2.26. The Morgan fingerprint density at radius 2 is 1.81 bits per heavy atom. The zero-order valence-corrected chi connectivity index (χ0v) is 12.4. The molecule has 0 fully saturated rings. The van der Waals surface area contributed by atoms with Crippen LogP contribution in [0.5, 0.6) is 0 Å². The highest BCUT2D eigenvalue weighted by Gasteiger charge is 2.13. The zero-order chi connectivity index (χ0) is 15.4. The van der Waals surface area contributed by atoms with Gasteiger partial charge in [-0.2, -0.15) is 5.26 Å². The van der Waals surface area contributed by atoms with Crippen LogP contribution >= 0.6 is 11.3 Å². The lowest BCUT2D eigenvalue weighted by Crippen LogP contribution is -2.01. The van der Waals surface area contributed by atoms with E-state index in [1.54, 1.807) is 23.2 Å². The molecule has 1 aromatic carbocycles. The number of thiophene rings is 1. The van der Waals surface area contributed by atoms with Crippen LogP contribution in [0.1, 0.15) is 20.1 Å². The van der Waals surface area contributed by atoms with Crippen molar-refractivity contribution in [3.8, 4) is 6.07 Å². The molecule has 0 aliphatic rings. The standard InChI is InChI=1S/C16H13FN2OS/c1-19(2)10-12(9-18)14-7-8-15(21-14)16(20)11-3-5-13(17)6-4-11/h3-8,10H,1-2H3/b12-10-. The second-order valence-electron chi connectivity index (χ2n) is 4.62. The molecule has 3 nitrogen and oxygen atoms in total. The third-order valence-corrected chi connectivity index (χ3v) is 3.83. The van der Waals surface area contributed by atoms with Crippen molar-refractivity contribution in [2.24, 2.45) is 0 Å². The van der Waals surface area contributed by atoms with Gasteiger partial charge in [0.25, 0.3) is 0 Å². The Hall–Kier alpha value is -2.45. The average molecular weight is 300 g/mol. The maximum absolute atomic E-state index is 12.9. The molecule has 2 aromatic rings. The summed E-state index contributed by atoms with van der Waals surface area (Å²) in [6.45, 7) is 0. The van der Waals surface area contributed by atoms with E-state index in [1.165, 1.54) is 35.6 Å². The molecular weight excluding hydrogens is 287 g/mol. The van der Waals surface area contributed by atoms with Gasteiger partial charge >= 0.3 is 0 Å². The highest BCUT2D eigenvalue weighted by atomic mass is 32.1. The van der Waals surface area contributed by atoms with Crippen molar-refractivity contribution in [1.29, 1.82) is 5.26 Å². The van der Waals surface area contributed by atoms with Gasteiger partial charge in [-0.1, -0.05) is 0 Å². The van der Waals surface area contributed by atoms with E-state index in [2.05, 4.69) is 6.07 Å². The lowest BCUT2D eigenvalue weighted by atomic mass is 10.1. The summed E-state index contributed by atoms with van der Waals surface area (Å²) in [5, 5.41) is 9.16. The summed E-state index contributed by atoms with van der Waals surface area (Å²) in [5.74, 6) is -0.549. The fourth-order valence-electron chi connectivity index (χ4n) is 1.75. The summed E-state index contributed by atoms with van der Waals surface area (Å²) >= 11 is 1.25. The molecule has 0 saturated heterocycles. The van der Waals surface area contributed by atoms with Crippen LogP contribution in [-0.4, -0.2) is 24.8 Å². The molecule has 0 aliphatic carbocycles. The number of ketones is 1. The Kier molecular flexibility index (Phi) is 4.51. The van der Waals surface area contributed by atoms with E-state index >= 15 is 0 Å². The zero-order valence-electron chi connectivity index (χ0n) is 11.6. The predicted octanol–water partition coefficient (Wildman–Crippen LogP) is 3.54. The first-order valence-electron chi connectivity index (χ1n) is 6.20. The summed E-state index contributed by atoms with van der Waals surface area (Å²) in [6, 6.07) is 11.0. The summed E-state index contributed by atoms with van der Waals surface area (Å²) in [7, 11) is 3.66. The lowest BCUT2D eigenvalue weighted by Gasteiger charge is -2.04. The first-order chi connectivity index (χ1) is 10.0. The van der Waals surface area contributed by atoms with Gasteiger partial charge in [0.15, 0.2) is 0 Å². The largest absolute Gasteiger partial charge is 0.382 e. The molecule has 106 valence electrons. The molecule has 5 heteroatoms. The molecule has 21 heavy (non-hydrogen) atoms. The minimum atomic E-state index is -0.376. The van der Waals surface area contributed by atoms with Crippen LogP contribution in [0.3, 0.4) is 0 Å². The Bertz CT molecular complexity index is 723. The fraction of sp³-hybridized carbons (Fsp3) is 0.125. The quantitative estimate of drug-likeness (QED) is 0.641. The Morgan fingerprint density at radius 1 is 1.19 bits per heavy atom. The number of rotatable bonds is 4. The summed E-state index contributed by atoms with van der Waals surface area (Å²) in [5.41, 5.74) is 0.933. The second-order valence-corrected chi connectivity index (χ2v) is 5.70. The smallest absolute Gasteiger partial charge is 0.202 e. The van der Waals surface area contributed by atoms with Gasteiger partial charge in [-0.15, -0.1) is 11.3 Å². The molecule has 2 rings (SSSR count). The van der Waals surface area contributed by atoms with Gasteiger partial charge in [0.1, 0.15) is 11.9 Å². The molecule has 0 radical (unpaired) electrons. The molecule has 0 amide bonds. The monoisotopic (exact) mass is 300 g/mol. The summed E-state index contributed by atoms with van der Waals surface area (Å²) in [4.78, 5) is 15.3. The van der Waals surface area contributed by atoms with Gasteiger partial charge in [-0.05, 0) is 36.4 Å². The number of nitriles is 1. The Morgan fingerprint density at radius 3 is 2.38 bits per heavy atom. The van der Waals surface area contributed by atoms with Gasteiger partial charge < -0.3 is 4.90 Å². The van der Waals surface area contributed by atoms with Crippen LogP contribution in [0.2, 0.25) is 0 Å².